The van der Waals surface area contributed by atoms with Crippen molar-refractivity contribution in [1.29, 1.82) is 0 Å². The van der Waals surface area contributed by atoms with E-state index in [-0.39, 0.29) is 11.8 Å². The van der Waals surface area contributed by atoms with Gasteiger partial charge in [-0.25, -0.2) is 9.48 Å². The van der Waals surface area contributed by atoms with Crippen LogP contribution in [0.1, 0.15) is 0 Å². The van der Waals surface area contributed by atoms with Crippen LogP contribution < -0.4 is 4.74 Å². The van der Waals surface area contributed by atoms with Gasteiger partial charge in [0.25, 0.3) is 0 Å². The first-order valence-corrected chi connectivity index (χ1v) is 4.97. The molecule has 0 unspecified atom stereocenters. The van der Waals surface area contributed by atoms with Gasteiger partial charge in [0.05, 0.1) is 11.8 Å². The maximum Gasteiger partial charge on any atom is 0.341 e. The largest absolute Gasteiger partial charge is 0.506 e. The topological polar surface area (TPSA) is 110 Å². The molecule has 0 bridgehead atoms. The summed E-state index contributed by atoms with van der Waals surface area (Å²) in [6.07, 6.45) is 2.78. The number of aromatic hydroxyl groups is 1. The third kappa shape index (κ3) is 2.37. The number of hydrogen-bond acceptors (Lipinski definition) is 6. The number of carboxylic acids is 1. The van der Waals surface area contributed by atoms with E-state index in [2.05, 4.69) is 15.1 Å². The van der Waals surface area contributed by atoms with E-state index in [0.717, 1.165) is 0 Å². The molecule has 2 N–H and O–H groups in total. The quantitative estimate of drug-likeness (QED) is 0.788. The Kier molecular flexibility index (Phi) is 3.09. The third-order valence-corrected chi connectivity index (χ3v) is 2.11. The average Bonchev–Trinajstić information content (AvgIpc) is 2.69. The van der Waals surface area contributed by atoms with Crippen molar-refractivity contribution in [2.75, 3.05) is 6.61 Å². The summed E-state index contributed by atoms with van der Waals surface area (Å²) in [4.78, 5) is 18.1. The van der Waals surface area contributed by atoms with Gasteiger partial charge in [0.15, 0.2) is 12.4 Å². The molecular weight excluding hydrogens is 240 g/mol. The van der Waals surface area contributed by atoms with Gasteiger partial charge in [-0.05, 0) is 6.07 Å². The molecule has 0 atom stereocenters. The normalized spacial score (nSPS) is 10.3. The Morgan fingerprint density at radius 2 is 2.33 bits per heavy atom. The van der Waals surface area contributed by atoms with Crippen LogP contribution in [0.4, 0.5) is 0 Å². The minimum absolute atomic E-state index is 0.0437. The van der Waals surface area contributed by atoms with Gasteiger partial charge in [-0.3, -0.25) is 4.98 Å². The lowest BCUT2D eigenvalue weighted by molar-refractivity contribution is -0.139. The lowest BCUT2D eigenvalue weighted by Crippen LogP contribution is -2.10. The molecule has 0 aliphatic heterocycles. The van der Waals surface area contributed by atoms with Crippen molar-refractivity contribution in [1.82, 2.24) is 19.7 Å². The fraction of sp³-hybridized carbons (Fsp3) is 0.200. The van der Waals surface area contributed by atoms with Gasteiger partial charge < -0.3 is 14.9 Å². The fourth-order valence-corrected chi connectivity index (χ4v) is 1.36. The van der Waals surface area contributed by atoms with Gasteiger partial charge in [0.1, 0.15) is 5.75 Å². The predicted molar refractivity (Wildman–Crippen MR) is 59.0 cm³/mol. The van der Waals surface area contributed by atoms with Crippen LogP contribution in [0.3, 0.4) is 0 Å². The highest BCUT2D eigenvalue weighted by Gasteiger charge is 2.14. The standard InChI is InChI=1S/C10H10N4O4/c1-14-9(6-2-3-11-4-7(6)15)12-10(13-14)18-5-8(16)17/h2-4,15H,5H2,1H3,(H,16,17). The highest BCUT2D eigenvalue weighted by molar-refractivity contribution is 5.68. The van der Waals surface area contributed by atoms with Crippen LogP contribution in [-0.4, -0.2) is 42.5 Å². The molecule has 2 aromatic rings. The molecule has 2 rings (SSSR count). The zero-order chi connectivity index (χ0) is 13.1. The van der Waals surface area contributed by atoms with E-state index in [1.54, 1.807) is 13.1 Å². The second-order valence-electron chi connectivity index (χ2n) is 3.42. The first-order chi connectivity index (χ1) is 8.58. The van der Waals surface area contributed by atoms with Gasteiger partial charge in [-0.1, -0.05) is 0 Å². The minimum Gasteiger partial charge on any atom is -0.506 e. The molecule has 2 heterocycles. The van der Waals surface area contributed by atoms with Crippen LogP contribution in [0, 0.1) is 0 Å². The number of rotatable bonds is 4. The Balaban J connectivity index is 2.30. The second kappa shape index (κ2) is 4.70. The Morgan fingerprint density at radius 3 is 3.00 bits per heavy atom. The number of carbonyl (C=O) groups is 1. The molecule has 0 saturated carbocycles. The van der Waals surface area contributed by atoms with Gasteiger partial charge in [-0.15, -0.1) is 5.10 Å². The van der Waals surface area contributed by atoms with Gasteiger partial charge in [0.2, 0.25) is 0 Å². The summed E-state index contributed by atoms with van der Waals surface area (Å²) in [5, 5.41) is 22.0. The lowest BCUT2D eigenvalue weighted by atomic mass is 10.2. The smallest absolute Gasteiger partial charge is 0.341 e. The van der Waals surface area contributed by atoms with Crippen LogP contribution in [0.5, 0.6) is 11.8 Å². The number of aromatic nitrogens is 4. The molecule has 0 saturated heterocycles. The van der Waals surface area contributed by atoms with E-state index >= 15 is 0 Å². The van der Waals surface area contributed by atoms with Crippen LogP contribution in [-0.2, 0) is 11.8 Å². The van der Waals surface area contributed by atoms with Crippen molar-refractivity contribution in [2.24, 2.45) is 7.05 Å². The summed E-state index contributed by atoms with van der Waals surface area (Å²) in [5.74, 6) is -0.802. The Hall–Kier alpha value is -2.64. The van der Waals surface area contributed by atoms with Gasteiger partial charge in [0, 0.05) is 13.2 Å². The first kappa shape index (κ1) is 11.8. The van der Waals surface area contributed by atoms with E-state index in [9.17, 15) is 9.90 Å². The van der Waals surface area contributed by atoms with Crippen molar-refractivity contribution in [3.8, 4) is 23.1 Å². The highest BCUT2D eigenvalue weighted by Crippen LogP contribution is 2.26. The van der Waals surface area contributed by atoms with Crippen molar-refractivity contribution in [3.05, 3.63) is 18.5 Å². The zero-order valence-electron chi connectivity index (χ0n) is 9.44. The van der Waals surface area contributed by atoms with E-state index in [1.165, 1.54) is 17.1 Å². The van der Waals surface area contributed by atoms with Crippen LogP contribution in [0.25, 0.3) is 11.4 Å². The molecule has 94 valence electrons. The molecule has 18 heavy (non-hydrogen) atoms. The number of nitrogens with zero attached hydrogens (tertiary/aromatic N) is 4. The molecule has 8 heteroatoms. The fourth-order valence-electron chi connectivity index (χ4n) is 1.36. The van der Waals surface area contributed by atoms with Gasteiger partial charge in [-0.2, -0.15) is 4.98 Å². The maximum atomic E-state index is 10.4. The summed E-state index contributed by atoms with van der Waals surface area (Å²) >= 11 is 0. The van der Waals surface area contributed by atoms with Crippen molar-refractivity contribution < 1.29 is 19.7 Å². The number of hydrogen-bond donors (Lipinski definition) is 2. The highest BCUT2D eigenvalue weighted by atomic mass is 16.5. The van der Waals surface area contributed by atoms with E-state index in [0.29, 0.717) is 11.4 Å². The van der Waals surface area contributed by atoms with Crippen molar-refractivity contribution in [2.45, 2.75) is 0 Å². The molecule has 0 amide bonds. The summed E-state index contributed by atoms with van der Waals surface area (Å²) < 4.78 is 6.23. The number of pyridine rings is 1. The molecule has 0 aliphatic rings. The number of carboxylic acid groups (broad SMARTS) is 1. The van der Waals surface area contributed by atoms with Crippen LogP contribution >= 0.6 is 0 Å². The SMILES string of the molecule is Cn1nc(OCC(=O)O)nc1-c1ccncc1O. The molecule has 0 aliphatic carbocycles. The van der Waals surface area contributed by atoms with Crippen molar-refractivity contribution >= 4 is 5.97 Å². The molecule has 0 radical (unpaired) electrons. The number of aryl methyl sites for hydroxylation is 1. The van der Waals surface area contributed by atoms with E-state index < -0.39 is 12.6 Å². The number of ether oxygens (including phenoxy) is 1. The third-order valence-electron chi connectivity index (χ3n) is 2.11. The Morgan fingerprint density at radius 1 is 1.56 bits per heavy atom. The summed E-state index contributed by atoms with van der Waals surface area (Å²) in [5.41, 5.74) is 0.435. The van der Waals surface area contributed by atoms with Crippen LogP contribution in [0.2, 0.25) is 0 Å². The molecule has 8 nitrogen and oxygen atoms in total. The average molecular weight is 250 g/mol. The molecule has 2 aromatic heterocycles. The lowest BCUT2D eigenvalue weighted by Gasteiger charge is -2.00. The van der Waals surface area contributed by atoms with Gasteiger partial charge >= 0.3 is 12.0 Å². The number of aliphatic carboxylic acids is 1. The summed E-state index contributed by atoms with van der Waals surface area (Å²) in [7, 11) is 1.61. The Bertz CT molecular complexity index is 581. The van der Waals surface area contributed by atoms with E-state index in [4.69, 9.17) is 9.84 Å². The molecule has 0 fully saturated rings. The van der Waals surface area contributed by atoms with Crippen molar-refractivity contribution in [3.63, 3.8) is 0 Å². The summed E-state index contributed by atoms with van der Waals surface area (Å²) in [6.45, 7) is -0.522. The summed E-state index contributed by atoms with van der Waals surface area (Å²) in [6, 6.07) is 1.51. The molecule has 0 aromatic carbocycles. The molecular formula is C10H10N4O4. The van der Waals surface area contributed by atoms with E-state index in [1.807, 2.05) is 0 Å². The second-order valence-corrected chi connectivity index (χ2v) is 3.42. The monoisotopic (exact) mass is 250 g/mol. The first-order valence-electron chi connectivity index (χ1n) is 4.97. The minimum atomic E-state index is -1.12. The maximum absolute atomic E-state index is 10.4. The van der Waals surface area contributed by atoms with Crippen LogP contribution in [0.15, 0.2) is 18.5 Å². The zero-order valence-corrected chi connectivity index (χ0v) is 9.44. The predicted octanol–water partition coefficient (Wildman–Crippen LogP) is 0.0461. The Labute approximate surface area is 101 Å². The molecule has 0 spiro atoms.